The van der Waals surface area contributed by atoms with E-state index in [0.717, 1.165) is 0 Å². The van der Waals surface area contributed by atoms with Gasteiger partial charge in [0.25, 0.3) is 0 Å². The second kappa shape index (κ2) is 199. The molecule has 0 aliphatic rings. The molecule has 0 saturated heterocycles. The van der Waals surface area contributed by atoms with Gasteiger partial charge in [0.1, 0.15) is 0 Å². The van der Waals surface area contributed by atoms with Crippen LogP contribution in [0.3, 0.4) is 0 Å². The summed E-state index contributed by atoms with van der Waals surface area (Å²) in [4.78, 5) is 0. The van der Waals surface area contributed by atoms with E-state index in [2.05, 4.69) is 47.6 Å². The van der Waals surface area contributed by atoms with Crippen LogP contribution in [0.15, 0.2) is 0 Å². The van der Waals surface area contributed by atoms with E-state index >= 15 is 0 Å². The van der Waals surface area contributed by atoms with Gasteiger partial charge in [-0.15, -0.1) is 0 Å². The fourth-order valence-corrected chi connectivity index (χ4v) is 0. The number of hydrogen-bond acceptors (Lipinski definition) is 0. The van der Waals surface area contributed by atoms with Gasteiger partial charge in [0.2, 0.25) is 0 Å². The van der Waals surface area contributed by atoms with Gasteiger partial charge >= 0.3 is 47.6 Å². The molecule has 0 fully saturated rings. The summed E-state index contributed by atoms with van der Waals surface area (Å²) >= 11 is 2.17. The first-order chi connectivity index (χ1) is 1.00. The molecule has 6 nitrogen and oxygen atoms in total. The van der Waals surface area contributed by atoms with Crippen LogP contribution in [0.25, 0.3) is 0 Å². The van der Waals surface area contributed by atoms with Gasteiger partial charge in [0.05, 0.1) is 0 Å². The van der Waals surface area contributed by atoms with Crippen molar-refractivity contribution in [3.8, 4) is 0 Å². The first kappa shape index (κ1) is 106. The van der Waals surface area contributed by atoms with E-state index in [9.17, 15) is 0 Å². The molecule has 0 aromatic carbocycles. The van der Waals surface area contributed by atoms with E-state index in [1.165, 1.54) is 0 Å². The number of halogens is 1. The van der Waals surface area contributed by atoms with Gasteiger partial charge in [0, 0.05) is 0 Å². The zero-order valence-electron chi connectivity index (χ0n) is 3.65. The molecule has 0 aromatic heterocycles. The van der Waals surface area contributed by atoms with Crippen molar-refractivity contribution in [1.82, 2.24) is 0 Å². The first-order valence-corrected chi connectivity index (χ1v) is 2.25. The van der Waals surface area contributed by atoms with Gasteiger partial charge in [-0.1, -0.05) is 0 Å². The molecule has 0 saturated carbocycles. The molecule has 0 spiro atoms. The second-order valence-corrected chi connectivity index (χ2v) is 0. The molecule has 0 heterocycles. The molecule has 0 amide bonds. The zero-order chi connectivity index (χ0) is 2.00. The molecule has 0 aliphatic carbocycles. The van der Waals surface area contributed by atoms with Crippen LogP contribution in [0.2, 0.25) is 0 Å². The Morgan fingerprint density at radius 2 is 0.500 bits per heavy atom. The molecule has 0 aromatic rings. The molecular formula is H12ClO6Yb. The molecule has 69 valence electrons. The third kappa shape index (κ3) is 133. The monoisotopic (exact) mass is 317 g/mol. The van der Waals surface area contributed by atoms with E-state index in [0.29, 0.717) is 0 Å². The maximum atomic E-state index is 4.50. The van der Waals surface area contributed by atoms with Crippen LogP contribution in [0.1, 0.15) is 0 Å². The average molecular weight is 317 g/mol. The molecule has 0 rings (SSSR count). The minimum atomic E-state index is 0. The summed E-state index contributed by atoms with van der Waals surface area (Å²) in [6.45, 7) is 0. The van der Waals surface area contributed by atoms with Crippen LogP contribution >= 0.6 is 4.63 Å². The molecule has 0 aliphatic heterocycles. The van der Waals surface area contributed by atoms with E-state index in [4.69, 9.17) is 0 Å². The van der Waals surface area contributed by atoms with Gasteiger partial charge in [-0.25, -0.2) is 0 Å². The van der Waals surface area contributed by atoms with Crippen molar-refractivity contribution in [2.24, 2.45) is 0 Å². The van der Waals surface area contributed by atoms with Gasteiger partial charge < -0.3 is 32.9 Å². The quantitative estimate of drug-likeness (QED) is 0.418. The zero-order valence-corrected chi connectivity index (χ0v) is 6.12. The molecular weight excluding hydrogens is 304 g/mol. The summed E-state index contributed by atoms with van der Waals surface area (Å²) in [7, 11) is 0. The standard InChI is InChI=1S/ClH.6H2O.Yb/h1H;6*1H2;/q;;;;;;;+1/p-1. The molecule has 0 bridgehead atoms. The first-order valence-electron chi connectivity index (χ1n) is 0.101. The van der Waals surface area contributed by atoms with Crippen LogP contribution < -0.4 is 0 Å². The van der Waals surface area contributed by atoms with Crippen molar-refractivity contribution in [1.29, 1.82) is 0 Å². The Hall–Kier alpha value is 1.57. The summed E-state index contributed by atoms with van der Waals surface area (Å²) in [6, 6.07) is 0. The molecule has 8 heavy (non-hydrogen) atoms. The SMILES string of the molecule is O.O.O.O.O.O.[Cl][Yb]. The molecule has 8 heteroatoms. The predicted molar refractivity (Wildman–Crippen MR) is 27.5 cm³/mol. The van der Waals surface area contributed by atoms with Crippen molar-refractivity contribution < 1.29 is 75.8 Å². The number of hydrogen-bond donors (Lipinski definition) is 0. The number of rotatable bonds is 0. The van der Waals surface area contributed by atoms with Crippen molar-refractivity contribution in [3.63, 3.8) is 0 Å². The van der Waals surface area contributed by atoms with Gasteiger partial charge in [-0.2, -0.15) is 0 Å². The van der Waals surface area contributed by atoms with Gasteiger partial charge in [-0.3, -0.25) is 0 Å². The fraction of sp³-hybridized carbons (Fsp3) is 0. The van der Waals surface area contributed by atoms with Crippen LogP contribution in [0, 0.1) is 42.9 Å². The van der Waals surface area contributed by atoms with E-state index in [1.54, 1.807) is 0 Å². The maximum absolute atomic E-state index is 4.50. The predicted octanol–water partition coefficient (Wildman–Crippen LogP) is -4.26. The Kier molecular flexibility index (Phi) is 2650. The third-order valence-corrected chi connectivity index (χ3v) is 0. The van der Waals surface area contributed by atoms with Gasteiger partial charge in [-0.05, 0) is 0 Å². The second-order valence-electron chi connectivity index (χ2n) is 0. The topological polar surface area (TPSA) is 189 Å². The van der Waals surface area contributed by atoms with Crippen molar-refractivity contribution in [3.05, 3.63) is 0 Å². The summed E-state index contributed by atoms with van der Waals surface area (Å²) in [6.07, 6.45) is 0. The Morgan fingerprint density at radius 1 is 0.500 bits per heavy atom. The Balaban J connectivity index is -0.000000000333. The van der Waals surface area contributed by atoms with Gasteiger partial charge in [0.15, 0.2) is 0 Å². The summed E-state index contributed by atoms with van der Waals surface area (Å²) in [5, 5.41) is 0. The average Bonchev–Trinajstić information content (AvgIpc) is 1.00. The Labute approximate surface area is 79.4 Å². The normalized spacial score (nSPS) is 0.875. The molecule has 0 radical (unpaired) electrons. The van der Waals surface area contributed by atoms with E-state index in [-0.39, 0.29) is 32.9 Å². The van der Waals surface area contributed by atoms with Crippen molar-refractivity contribution in [2.75, 3.05) is 0 Å². The van der Waals surface area contributed by atoms with Crippen molar-refractivity contribution >= 4 is 4.63 Å². The fourth-order valence-electron chi connectivity index (χ4n) is 0. The third-order valence-electron chi connectivity index (χ3n) is 0. The molecule has 0 atom stereocenters. The van der Waals surface area contributed by atoms with Crippen molar-refractivity contribution in [2.45, 2.75) is 0 Å². The summed E-state index contributed by atoms with van der Waals surface area (Å²) < 4.78 is 4.50. The van der Waals surface area contributed by atoms with Crippen LogP contribution in [0.4, 0.5) is 0 Å². The van der Waals surface area contributed by atoms with Crippen LogP contribution in [0.5, 0.6) is 0 Å². The Morgan fingerprint density at radius 3 is 0.500 bits per heavy atom. The minimum absolute atomic E-state index is 0. The van der Waals surface area contributed by atoms with E-state index in [1.807, 2.05) is 0 Å². The summed E-state index contributed by atoms with van der Waals surface area (Å²) in [5.41, 5.74) is 0. The molecule has 0 unspecified atom stereocenters. The van der Waals surface area contributed by atoms with E-state index < -0.39 is 0 Å². The molecule has 12 N–H and O–H groups in total. The Bertz CT molecular complexity index is 8.49. The van der Waals surface area contributed by atoms with Crippen LogP contribution in [-0.2, 0) is 0 Å². The summed E-state index contributed by atoms with van der Waals surface area (Å²) in [5.74, 6) is 0. The van der Waals surface area contributed by atoms with Crippen LogP contribution in [-0.4, -0.2) is 32.9 Å².